The third kappa shape index (κ3) is 5.54. The van der Waals surface area contributed by atoms with Gasteiger partial charge in [0.25, 0.3) is 0 Å². The lowest BCUT2D eigenvalue weighted by molar-refractivity contribution is 0.0818. The second-order valence-corrected chi connectivity index (χ2v) is 7.74. The maximum Gasteiger partial charge on any atom is 0.140 e. The summed E-state index contributed by atoms with van der Waals surface area (Å²) in [4.78, 5) is 7.32. The number of aromatic hydroxyl groups is 1. The minimum Gasteiger partial charge on any atom is -0.508 e. The van der Waals surface area contributed by atoms with Crippen LogP contribution >= 0.6 is 0 Å². The highest BCUT2D eigenvalue weighted by Gasteiger charge is 2.23. The molecule has 0 amide bonds. The standard InChI is InChI=1S/C20H24N4O2.C4H11N/c1-3-13-10-14(25)4-5-16(13)18-11-19-17(12-21-23-19)20(22-18)24-8-6-15(26-2)7-9-24;1-3-5-4-2/h4-5,10-12,15,25H,3,6-9H2,1-2H3,(H,21,23);5H,3-4H2,1-2H3. The number of H-pyrrole nitrogens is 1. The normalized spacial score (nSPS) is 14.5. The van der Waals surface area contributed by atoms with Crippen molar-refractivity contribution in [3.8, 4) is 17.0 Å². The Morgan fingerprint density at radius 2 is 1.90 bits per heavy atom. The molecule has 0 spiro atoms. The molecule has 1 aliphatic rings. The zero-order valence-electron chi connectivity index (χ0n) is 19.1. The van der Waals surface area contributed by atoms with E-state index in [1.165, 1.54) is 0 Å². The first kappa shape index (κ1) is 23.0. The number of pyridine rings is 1. The lowest BCUT2D eigenvalue weighted by Gasteiger charge is -2.32. The van der Waals surface area contributed by atoms with Crippen molar-refractivity contribution >= 4 is 16.7 Å². The van der Waals surface area contributed by atoms with E-state index < -0.39 is 0 Å². The Bertz CT molecular complexity index is 962. The van der Waals surface area contributed by atoms with Gasteiger partial charge in [-0.1, -0.05) is 20.8 Å². The van der Waals surface area contributed by atoms with E-state index in [1.54, 1.807) is 13.2 Å². The first-order valence-corrected chi connectivity index (χ1v) is 11.3. The molecule has 7 heteroatoms. The Hall–Kier alpha value is -2.64. The van der Waals surface area contributed by atoms with Crippen LogP contribution in [-0.4, -0.2) is 59.7 Å². The summed E-state index contributed by atoms with van der Waals surface area (Å²) in [6, 6.07) is 7.52. The molecule has 1 aromatic carbocycles. The van der Waals surface area contributed by atoms with Gasteiger partial charge in [0.1, 0.15) is 11.6 Å². The summed E-state index contributed by atoms with van der Waals surface area (Å²) < 4.78 is 5.49. The molecule has 1 fully saturated rings. The highest BCUT2D eigenvalue weighted by Crippen LogP contribution is 2.33. The Labute approximate surface area is 184 Å². The van der Waals surface area contributed by atoms with Crippen molar-refractivity contribution in [2.45, 2.75) is 46.1 Å². The zero-order valence-corrected chi connectivity index (χ0v) is 19.1. The zero-order chi connectivity index (χ0) is 22.2. The minimum atomic E-state index is 0.287. The number of aryl methyl sites for hydroxylation is 1. The summed E-state index contributed by atoms with van der Waals surface area (Å²) >= 11 is 0. The van der Waals surface area contributed by atoms with Crippen molar-refractivity contribution in [3.05, 3.63) is 36.0 Å². The fourth-order valence-electron chi connectivity index (χ4n) is 3.98. The van der Waals surface area contributed by atoms with Crippen molar-refractivity contribution in [2.75, 3.05) is 38.2 Å². The number of anilines is 1. The summed E-state index contributed by atoms with van der Waals surface area (Å²) in [6.07, 6.45) is 5.02. The first-order valence-electron chi connectivity index (χ1n) is 11.3. The quantitative estimate of drug-likeness (QED) is 0.551. The molecule has 0 aliphatic carbocycles. The molecule has 7 nitrogen and oxygen atoms in total. The minimum absolute atomic E-state index is 0.287. The molecule has 3 heterocycles. The van der Waals surface area contributed by atoms with Crippen molar-refractivity contribution in [1.82, 2.24) is 20.5 Å². The number of phenols is 1. The average molecular weight is 426 g/mol. The number of aromatic nitrogens is 3. The molecule has 0 saturated carbocycles. The number of benzene rings is 1. The van der Waals surface area contributed by atoms with Gasteiger partial charge in [-0.2, -0.15) is 5.10 Å². The average Bonchev–Trinajstić information content (AvgIpc) is 3.28. The van der Waals surface area contributed by atoms with E-state index in [0.29, 0.717) is 6.10 Å². The third-order valence-corrected chi connectivity index (χ3v) is 5.74. The Morgan fingerprint density at radius 3 is 2.52 bits per heavy atom. The molecule has 0 unspecified atom stereocenters. The van der Waals surface area contributed by atoms with E-state index in [-0.39, 0.29) is 5.75 Å². The number of hydrogen-bond donors (Lipinski definition) is 3. The Morgan fingerprint density at radius 1 is 1.16 bits per heavy atom. The monoisotopic (exact) mass is 425 g/mol. The van der Waals surface area contributed by atoms with Crippen LogP contribution in [0.15, 0.2) is 30.5 Å². The van der Waals surface area contributed by atoms with Crippen LogP contribution in [0, 0.1) is 0 Å². The van der Waals surface area contributed by atoms with Crippen molar-refractivity contribution in [1.29, 1.82) is 0 Å². The number of nitrogens with one attached hydrogen (secondary N) is 2. The number of aromatic amines is 1. The topological polar surface area (TPSA) is 86.3 Å². The fourth-order valence-corrected chi connectivity index (χ4v) is 3.98. The van der Waals surface area contributed by atoms with Gasteiger partial charge >= 0.3 is 0 Å². The summed E-state index contributed by atoms with van der Waals surface area (Å²) in [5.74, 6) is 1.26. The van der Waals surface area contributed by atoms with Gasteiger partial charge in [-0.05, 0) is 62.2 Å². The molecular weight excluding hydrogens is 390 g/mol. The van der Waals surface area contributed by atoms with Crippen LogP contribution in [0.25, 0.3) is 22.2 Å². The molecule has 4 rings (SSSR count). The van der Waals surface area contributed by atoms with E-state index in [1.807, 2.05) is 24.4 Å². The summed E-state index contributed by atoms with van der Waals surface area (Å²) in [6.45, 7) is 10.3. The lowest BCUT2D eigenvalue weighted by Crippen LogP contribution is -2.37. The van der Waals surface area contributed by atoms with Crippen LogP contribution in [0.3, 0.4) is 0 Å². The van der Waals surface area contributed by atoms with Gasteiger partial charge in [0, 0.05) is 25.8 Å². The maximum absolute atomic E-state index is 9.80. The van der Waals surface area contributed by atoms with Crippen LogP contribution in [-0.2, 0) is 11.2 Å². The van der Waals surface area contributed by atoms with Gasteiger partial charge in [0.2, 0.25) is 0 Å². The molecular formula is C24H35N5O2. The predicted molar refractivity (Wildman–Crippen MR) is 127 cm³/mol. The van der Waals surface area contributed by atoms with Gasteiger partial charge in [0.15, 0.2) is 0 Å². The molecule has 1 aliphatic heterocycles. The number of methoxy groups -OCH3 is 1. The van der Waals surface area contributed by atoms with Crippen LogP contribution in [0.2, 0.25) is 0 Å². The van der Waals surface area contributed by atoms with Crippen LogP contribution in [0.1, 0.15) is 39.2 Å². The SMILES string of the molecule is CCNCC.CCc1cc(O)ccc1-c1cc2[nH]ncc2c(N2CCC(OC)CC2)n1. The summed E-state index contributed by atoms with van der Waals surface area (Å²) in [5.41, 5.74) is 4.02. The van der Waals surface area contributed by atoms with E-state index in [0.717, 1.165) is 79.0 Å². The molecule has 3 N–H and O–H groups in total. The number of nitrogens with zero attached hydrogens (tertiary/aromatic N) is 3. The molecule has 1 saturated heterocycles. The molecule has 0 bridgehead atoms. The molecule has 2 aromatic heterocycles. The van der Waals surface area contributed by atoms with E-state index in [4.69, 9.17) is 9.72 Å². The maximum atomic E-state index is 9.80. The predicted octanol–water partition coefficient (Wildman–Crippen LogP) is 4.12. The molecule has 0 atom stereocenters. The number of hydrogen-bond acceptors (Lipinski definition) is 6. The van der Waals surface area contributed by atoms with E-state index >= 15 is 0 Å². The number of rotatable bonds is 6. The smallest absolute Gasteiger partial charge is 0.140 e. The second kappa shape index (κ2) is 11.1. The highest BCUT2D eigenvalue weighted by atomic mass is 16.5. The summed E-state index contributed by atoms with van der Waals surface area (Å²) in [5, 5.41) is 21.3. The second-order valence-electron chi connectivity index (χ2n) is 7.74. The van der Waals surface area contributed by atoms with E-state index in [9.17, 15) is 5.11 Å². The van der Waals surface area contributed by atoms with Gasteiger partial charge in [0.05, 0.1) is 28.9 Å². The van der Waals surface area contributed by atoms with Crippen LogP contribution < -0.4 is 10.2 Å². The number of ether oxygens (including phenoxy) is 1. The largest absolute Gasteiger partial charge is 0.508 e. The van der Waals surface area contributed by atoms with E-state index in [2.05, 4.69) is 41.2 Å². The number of phenolic OH excluding ortho intramolecular Hbond substituents is 1. The Kier molecular flexibility index (Phi) is 8.26. The van der Waals surface area contributed by atoms with Gasteiger partial charge < -0.3 is 20.1 Å². The molecule has 3 aromatic rings. The van der Waals surface area contributed by atoms with Gasteiger partial charge in [-0.25, -0.2) is 4.98 Å². The first-order chi connectivity index (χ1) is 15.1. The molecule has 31 heavy (non-hydrogen) atoms. The molecule has 168 valence electrons. The van der Waals surface area contributed by atoms with Gasteiger partial charge in [-0.3, -0.25) is 5.10 Å². The third-order valence-electron chi connectivity index (χ3n) is 5.74. The van der Waals surface area contributed by atoms with Crippen molar-refractivity contribution in [2.24, 2.45) is 0 Å². The number of piperidine rings is 1. The number of fused-ring (bicyclic) bond motifs is 1. The Balaban J connectivity index is 0.000000491. The molecule has 0 radical (unpaired) electrons. The highest BCUT2D eigenvalue weighted by molar-refractivity contribution is 5.92. The van der Waals surface area contributed by atoms with Crippen LogP contribution in [0.5, 0.6) is 5.75 Å². The van der Waals surface area contributed by atoms with Crippen molar-refractivity contribution in [3.63, 3.8) is 0 Å². The van der Waals surface area contributed by atoms with Crippen LogP contribution in [0.4, 0.5) is 5.82 Å². The van der Waals surface area contributed by atoms with Crippen molar-refractivity contribution < 1.29 is 9.84 Å². The fraction of sp³-hybridized carbons (Fsp3) is 0.500. The summed E-state index contributed by atoms with van der Waals surface area (Å²) in [7, 11) is 1.78. The lowest BCUT2D eigenvalue weighted by atomic mass is 10.0. The van der Waals surface area contributed by atoms with Gasteiger partial charge in [-0.15, -0.1) is 0 Å².